The van der Waals surface area contributed by atoms with Gasteiger partial charge in [0.1, 0.15) is 0 Å². The molecule has 156 valence electrons. The van der Waals surface area contributed by atoms with Crippen molar-refractivity contribution in [2.75, 3.05) is 11.1 Å². The highest BCUT2D eigenvalue weighted by atomic mass is 35.5. The number of hydrogen-bond acceptors (Lipinski definition) is 5. The van der Waals surface area contributed by atoms with Gasteiger partial charge in [-0.05, 0) is 55.8 Å². The molecule has 0 fully saturated rings. The molecule has 0 aliphatic heterocycles. The van der Waals surface area contributed by atoms with E-state index in [4.69, 9.17) is 11.6 Å². The molecule has 0 saturated carbocycles. The Bertz CT molecular complexity index is 1210. The second-order valence-corrected chi connectivity index (χ2v) is 8.31. The summed E-state index contributed by atoms with van der Waals surface area (Å²) in [4.78, 5) is 16.7. The van der Waals surface area contributed by atoms with Crippen molar-refractivity contribution in [1.82, 2.24) is 19.7 Å². The SMILES string of the molecule is Cc1ccc(-n2c(SCC(=O)Nc3cccc(Cl)c3C)nnc2-c2ccncc2)cc1. The summed E-state index contributed by atoms with van der Waals surface area (Å²) in [5.41, 5.74) is 4.53. The van der Waals surface area contributed by atoms with E-state index in [1.807, 2.05) is 66.9 Å². The number of rotatable bonds is 6. The first-order valence-corrected chi connectivity index (χ1v) is 11.0. The van der Waals surface area contributed by atoms with Crippen LogP contribution in [0.15, 0.2) is 72.1 Å². The van der Waals surface area contributed by atoms with E-state index in [2.05, 4.69) is 20.5 Å². The summed E-state index contributed by atoms with van der Waals surface area (Å²) in [7, 11) is 0. The van der Waals surface area contributed by atoms with Crippen molar-refractivity contribution in [3.05, 3.63) is 83.1 Å². The number of carbonyl (C=O) groups excluding carboxylic acids is 1. The minimum Gasteiger partial charge on any atom is -0.325 e. The lowest BCUT2D eigenvalue weighted by Crippen LogP contribution is -2.15. The summed E-state index contributed by atoms with van der Waals surface area (Å²) in [5.74, 6) is 0.742. The lowest BCUT2D eigenvalue weighted by Gasteiger charge is -2.11. The summed E-state index contributed by atoms with van der Waals surface area (Å²) < 4.78 is 1.96. The number of nitrogens with one attached hydrogen (secondary N) is 1. The molecule has 2 heterocycles. The number of aromatic nitrogens is 4. The van der Waals surface area contributed by atoms with Crippen LogP contribution in [-0.4, -0.2) is 31.4 Å². The number of nitrogens with zero attached hydrogens (tertiary/aromatic N) is 4. The maximum atomic E-state index is 12.6. The molecule has 31 heavy (non-hydrogen) atoms. The van der Waals surface area contributed by atoms with Crippen molar-refractivity contribution in [3.8, 4) is 17.1 Å². The third kappa shape index (κ3) is 4.78. The van der Waals surface area contributed by atoms with E-state index in [1.54, 1.807) is 18.5 Å². The molecule has 0 spiro atoms. The maximum Gasteiger partial charge on any atom is 0.234 e. The molecule has 4 aromatic rings. The smallest absolute Gasteiger partial charge is 0.234 e. The molecule has 0 radical (unpaired) electrons. The average Bonchev–Trinajstić information content (AvgIpc) is 3.21. The summed E-state index contributed by atoms with van der Waals surface area (Å²) in [6.07, 6.45) is 3.44. The Labute approximate surface area is 189 Å². The Hall–Kier alpha value is -3.16. The molecule has 0 bridgehead atoms. The van der Waals surface area contributed by atoms with Crippen molar-refractivity contribution >= 4 is 35.0 Å². The van der Waals surface area contributed by atoms with E-state index < -0.39 is 0 Å². The zero-order valence-corrected chi connectivity index (χ0v) is 18.6. The van der Waals surface area contributed by atoms with Gasteiger partial charge in [0, 0.05) is 34.4 Å². The predicted octanol–water partition coefficient (Wildman–Crippen LogP) is 5.33. The first-order chi connectivity index (χ1) is 15.0. The number of pyridine rings is 1. The van der Waals surface area contributed by atoms with Gasteiger partial charge >= 0.3 is 0 Å². The van der Waals surface area contributed by atoms with Crippen LogP contribution in [0.25, 0.3) is 17.1 Å². The molecule has 0 saturated heterocycles. The molecule has 2 aromatic heterocycles. The highest BCUT2D eigenvalue weighted by Gasteiger charge is 2.17. The largest absolute Gasteiger partial charge is 0.325 e. The minimum absolute atomic E-state index is 0.140. The fraction of sp³-hybridized carbons (Fsp3) is 0.130. The highest BCUT2D eigenvalue weighted by Crippen LogP contribution is 2.28. The number of carbonyl (C=O) groups is 1. The van der Waals surface area contributed by atoms with Gasteiger partial charge in [-0.3, -0.25) is 14.3 Å². The number of hydrogen-bond donors (Lipinski definition) is 1. The number of benzene rings is 2. The number of amides is 1. The van der Waals surface area contributed by atoms with Gasteiger partial charge in [0.15, 0.2) is 11.0 Å². The van der Waals surface area contributed by atoms with Crippen LogP contribution < -0.4 is 5.32 Å². The average molecular weight is 450 g/mol. The van der Waals surface area contributed by atoms with Gasteiger partial charge in [-0.15, -0.1) is 10.2 Å². The van der Waals surface area contributed by atoms with E-state index in [0.29, 0.717) is 21.7 Å². The van der Waals surface area contributed by atoms with Crippen LogP contribution in [0.2, 0.25) is 5.02 Å². The standard InChI is InChI=1S/C23H20ClN5OS/c1-15-6-8-18(9-7-15)29-22(17-10-12-25-13-11-17)27-28-23(29)31-14-21(30)26-20-5-3-4-19(24)16(20)2/h3-13H,14H2,1-2H3,(H,26,30). The van der Waals surface area contributed by atoms with Gasteiger partial charge in [-0.2, -0.15) is 0 Å². The van der Waals surface area contributed by atoms with Crippen LogP contribution in [0.4, 0.5) is 5.69 Å². The topological polar surface area (TPSA) is 72.7 Å². The molecular formula is C23H20ClN5OS. The lowest BCUT2D eigenvalue weighted by atomic mass is 10.2. The molecule has 4 rings (SSSR count). The van der Waals surface area contributed by atoms with Crippen molar-refractivity contribution in [2.45, 2.75) is 19.0 Å². The van der Waals surface area contributed by atoms with E-state index in [1.165, 1.54) is 11.8 Å². The third-order valence-electron chi connectivity index (χ3n) is 4.74. The molecule has 2 aromatic carbocycles. The quantitative estimate of drug-likeness (QED) is 0.403. The monoisotopic (exact) mass is 449 g/mol. The highest BCUT2D eigenvalue weighted by molar-refractivity contribution is 7.99. The Morgan fingerprint density at radius 3 is 2.52 bits per heavy atom. The predicted molar refractivity (Wildman–Crippen MR) is 125 cm³/mol. The molecule has 1 amide bonds. The summed E-state index contributed by atoms with van der Waals surface area (Å²) in [6, 6.07) is 17.3. The van der Waals surface area contributed by atoms with E-state index in [-0.39, 0.29) is 11.7 Å². The zero-order chi connectivity index (χ0) is 21.8. The molecule has 0 aliphatic carbocycles. The van der Waals surface area contributed by atoms with Crippen LogP contribution in [0, 0.1) is 13.8 Å². The summed E-state index contributed by atoms with van der Waals surface area (Å²) in [5, 5.41) is 12.9. The van der Waals surface area contributed by atoms with Crippen LogP contribution in [0.3, 0.4) is 0 Å². The third-order valence-corrected chi connectivity index (χ3v) is 6.08. The Kier molecular flexibility index (Phi) is 6.34. The Morgan fingerprint density at radius 1 is 1.03 bits per heavy atom. The van der Waals surface area contributed by atoms with Gasteiger partial charge in [0.05, 0.1) is 5.75 Å². The number of aryl methyl sites for hydroxylation is 1. The lowest BCUT2D eigenvalue weighted by molar-refractivity contribution is -0.113. The van der Waals surface area contributed by atoms with E-state index in [9.17, 15) is 4.79 Å². The second-order valence-electron chi connectivity index (χ2n) is 6.96. The second kappa shape index (κ2) is 9.32. The molecule has 0 unspecified atom stereocenters. The van der Waals surface area contributed by atoms with Crippen molar-refractivity contribution < 1.29 is 4.79 Å². The fourth-order valence-corrected chi connectivity index (χ4v) is 3.96. The van der Waals surface area contributed by atoms with Crippen molar-refractivity contribution in [3.63, 3.8) is 0 Å². The maximum absolute atomic E-state index is 12.6. The Morgan fingerprint density at radius 2 is 1.77 bits per heavy atom. The zero-order valence-electron chi connectivity index (χ0n) is 17.0. The van der Waals surface area contributed by atoms with Gasteiger partial charge < -0.3 is 5.32 Å². The number of anilines is 1. The molecule has 8 heteroatoms. The van der Waals surface area contributed by atoms with Gasteiger partial charge in [-0.25, -0.2) is 0 Å². The number of thioether (sulfide) groups is 1. The molecule has 6 nitrogen and oxygen atoms in total. The molecule has 0 aliphatic rings. The van der Waals surface area contributed by atoms with Crippen molar-refractivity contribution in [1.29, 1.82) is 0 Å². The number of halogens is 1. The van der Waals surface area contributed by atoms with Crippen molar-refractivity contribution in [2.24, 2.45) is 0 Å². The van der Waals surface area contributed by atoms with Gasteiger partial charge in [0.25, 0.3) is 0 Å². The van der Waals surface area contributed by atoms with Gasteiger partial charge in [0.2, 0.25) is 5.91 Å². The van der Waals surface area contributed by atoms with Crippen LogP contribution >= 0.6 is 23.4 Å². The van der Waals surface area contributed by atoms with Crippen LogP contribution in [0.5, 0.6) is 0 Å². The summed E-state index contributed by atoms with van der Waals surface area (Å²) >= 11 is 7.48. The van der Waals surface area contributed by atoms with E-state index in [0.717, 1.165) is 22.4 Å². The van der Waals surface area contributed by atoms with Gasteiger partial charge in [-0.1, -0.05) is 47.1 Å². The van der Waals surface area contributed by atoms with Crippen LogP contribution in [0.1, 0.15) is 11.1 Å². The molecular weight excluding hydrogens is 430 g/mol. The fourth-order valence-electron chi connectivity index (χ4n) is 3.04. The Balaban J connectivity index is 1.59. The first-order valence-electron chi connectivity index (χ1n) is 9.63. The first kappa shape index (κ1) is 21.1. The van der Waals surface area contributed by atoms with Crippen LogP contribution in [-0.2, 0) is 4.79 Å². The minimum atomic E-state index is -0.140. The summed E-state index contributed by atoms with van der Waals surface area (Å²) in [6.45, 7) is 3.91. The van der Waals surface area contributed by atoms with E-state index >= 15 is 0 Å². The molecule has 0 atom stereocenters. The molecule has 1 N–H and O–H groups in total. The normalized spacial score (nSPS) is 10.8.